The number of nitrogens with zero attached hydrogens (tertiary/aromatic N) is 6. The van der Waals surface area contributed by atoms with E-state index in [0.29, 0.717) is 49.9 Å². The van der Waals surface area contributed by atoms with E-state index in [1.807, 2.05) is 0 Å². The normalized spacial score (nSPS) is 21.9. The highest BCUT2D eigenvalue weighted by Gasteiger charge is 2.48. The van der Waals surface area contributed by atoms with Gasteiger partial charge in [-0.05, 0) is 92.8 Å². The predicted molar refractivity (Wildman–Crippen MR) is 278 cm³/mol. The lowest BCUT2D eigenvalue weighted by molar-refractivity contribution is -0.0493. The fourth-order valence-corrected chi connectivity index (χ4v) is 14.9. The maximum absolute atomic E-state index is 14.0. The fraction of sp³-hybridized carbons (Fsp3) is 0.469. The Kier molecular flexibility index (Phi) is 14.9. The Morgan fingerprint density at radius 3 is 2.32 bits per heavy atom. The summed E-state index contributed by atoms with van der Waals surface area (Å²) in [5.74, 6) is 0.222. The fourth-order valence-electron chi connectivity index (χ4n) is 11.8. The molecule has 26 nitrogen and oxygen atoms in total. The third-order valence-corrected chi connectivity index (χ3v) is 18.9. The van der Waals surface area contributed by atoms with Crippen molar-refractivity contribution in [1.82, 2.24) is 29.4 Å². The van der Waals surface area contributed by atoms with Crippen LogP contribution in [0.5, 0.6) is 11.5 Å². The van der Waals surface area contributed by atoms with Gasteiger partial charge in [-0.2, -0.15) is 8.62 Å². The van der Waals surface area contributed by atoms with Crippen LogP contribution in [0.1, 0.15) is 112 Å². The zero-order valence-corrected chi connectivity index (χ0v) is 44.7. The van der Waals surface area contributed by atoms with E-state index in [9.17, 15) is 48.4 Å². The molecule has 0 aliphatic carbocycles. The number of hydrogen-bond acceptors (Lipinski definition) is 18. The van der Waals surface area contributed by atoms with E-state index in [-0.39, 0.29) is 34.4 Å². The number of aliphatic hydroxyl groups is 2. The number of aromatic nitrogens is 4. The van der Waals surface area contributed by atoms with Gasteiger partial charge in [0.2, 0.25) is 11.3 Å². The van der Waals surface area contributed by atoms with Crippen molar-refractivity contribution in [1.29, 1.82) is 0 Å². The molecular formula is C49H59N9O17P3+. The highest BCUT2D eigenvalue weighted by molar-refractivity contribution is 7.66. The molecule has 2 unspecified atom stereocenters. The maximum atomic E-state index is 14.0. The van der Waals surface area contributed by atoms with Crippen LogP contribution in [0.15, 0.2) is 36.7 Å². The Morgan fingerprint density at radius 2 is 1.55 bits per heavy atom. The molecule has 0 bridgehead atoms. The maximum Gasteiger partial charge on any atom is 0.490 e. The van der Waals surface area contributed by atoms with Crippen LogP contribution >= 0.6 is 23.5 Å². The Morgan fingerprint density at radius 1 is 0.821 bits per heavy atom. The molecule has 1 amide bonds. The number of carbonyl (C=O) groups is 2. The molecule has 5 aromatic rings. The minimum atomic E-state index is -5.82. The van der Waals surface area contributed by atoms with Gasteiger partial charge in [-0.1, -0.05) is 12.8 Å². The quantitative estimate of drug-likeness (QED) is 0.0317. The average molecular weight is 1140 g/mol. The Bertz CT molecular complexity index is 3550. The number of imidazole rings is 1. The van der Waals surface area contributed by atoms with Crippen LogP contribution in [0.2, 0.25) is 0 Å². The number of carbonyl (C=O) groups excluding carboxylic acids is 1. The summed E-state index contributed by atoms with van der Waals surface area (Å²) >= 11 is 0. The Hall–Kier alpha value is -5.69. The molecule has 8 heterocycles. The van der Waals surface area contributed by atoms with Crippen LogP contribution in [0.25, 0.3) is 16.7 Å². The number of ether oxygens (including phenoxy) is 2. The number of nitrogens with two attached hydrogens (primary N) is 1. The zero-order chi connectivity index (χ0) is 54.8. The topological polar surface area (TPSA) is 373 Å². The van der Waals surface area contributed by atoms with Crippen molar-refractivity contribution in [3.05, 3.63) is 91.7 Å². The number of fused-ring (bicyclic) bond motifs is 5. The molecule has 6 aliphatic rings. The number of carboxylic acids is 1. The molecule has 78 heavy (non-hydrogen) atoms. The lowest BCUT2D eigenvalue weighted by Gasteiger charge is -2.39. The summed E-state index contributed by atoms with van der Waals surface area (Å²) in [5.41, 5.74) is 14.9. The van der Waals surface area contributed by atoms with E-state index in [1.165, 1.54) is 43.9 Å². The Balaban J connectivity index is 0.765. The minimum Gasteiger partial charge on any atom is -0.478 e. The lowest BCUT2D eigenvalue weighted by Crippen LogP contribution is -2.45. The van der Waals surface area contributed by atoms with Crippen LogP contribution in [0.3, 0.4) is 0 Å². The van der Waals surface area contributed by atoms with Crippen molar-refractivity contribution in [3.8, 4) is 11.5 Å². The van der Waals surface area contributed by atoms with Gasteiger partial charge in [0.15, 0.2) is 23.2 Å². The van der Waals surface area contributed by atoms with Crippen molar-refractivity contribution in [2.24, 2.45) is 0 Å². The first-order valence-electron chi connectivity index (χ1n) is 25.9. The minimum absolute atomic E-state index is 0.0219. The summed E-state index contributed by atoms with van der Waals surface area (Å²) in [6.07, 6.45) is 4.72. The van der Waals surface area contributed by atoms with Gasteiger partial charge in [-0.15, -0.1) is 0 Å². The molecule has 0 spiro atoms. The monoisotopic (exact) mass is 1140 g/mol. The highest BCUT2D eigenvalue weighted by atomic mass is 31.3. The number of aromatic carboxylic acids is 1. The van der Waals surface area contributed by atoms with E-state index >= 15 is 0 Å². The Labute approximate surface area is 445 Å². The number of nitrogen functional groups attached to an aromatic ring is 1. The van der Waals surface area contributed by atoms with Gasteiger partial charge in [0.05, 0.1) is 17.7 Å². The molecule has 3 aromatic carbocycles. The molecule has 11 N–H and O–H groups in total. The van der Waals surface area contributed by atoms with Crippen molar-refractivity contribution in [3.63, 3.8) is 0 Å². The standard InChI is InChI=1S/C49H58N9O17P3/c50-44-37-45(54-25-53-44)58(47-41(60)40(59)35(72-47)24-71-77(67,68)75-78(69,70)74-76(64,65)66)49(55-37)52-16-4-2-1-3-15-51-46(61)28-13-14-29(48(62)63)32(23-28)36-33-21-26-9-5-17-56-19-7-11-30(38(26)56)42(33)73-43-31-12-8-20-57-18-6-10-27(39(31)57)22-34(36)43/h13-14,21-23,25,35,40-41,47,59-60H,1-12,15-20,24H2,(H8-,50,51,52,53,54,55,61,62,63,64,65,66,67,68,69,70)/p+1/t35-,40-,41-,47-/m1/s1. The summed E-state index contributed by atoms with van der Waals surface area (Å²) in [5, 5.41) is 41.1. The molecule has 2 aromatic heterocycles. The number of benzene rings is 3. The molecule has 0 saturated carbocycles. The third-order valence-electron chi connectivity index (χ3n) is 15.1. The number of hydrogen-bond donors (Lipinski definition) is 10. The number of rotatable bonds is 19. The molecular weight excluding hydrogens is 1080 g/mol. The summed E-state index contributed by atoms with van der Waals surface area (Å²) in [4.78, 5) is 79.4. The first-order chi connectivity index (χ1) is 37.3. The highest BCUT2D eigenvalue weighted by Crippen LogP contribution is 2.66. The first-order valence-corrected chi connectivity index (χ1v) is 30.4. The van der Waals surface area contributed by atoms with Gasteiger partial charge < -0.3 is 65.6 Å². The zero-order valence-electron chi connectivity index (χ0n) is 42.0. The van der Waals surface area contributed by atoms with Crippen molar-refractivity contribution in [2.45, 2.75) is 102 Å². The van der Waals surface area contributed by atoms with E-state index < -0.39 is 60.6 Å². The molecule has 6 aliphatic heterocycles. The SMILES string of the molecule is Nc1ncnc2c1nc(NCCCCCCNC(=O)c1ccc(C(=O)O)c(C3=c4cc5c6c(c4Oc4c3cc3c7c4CCCN7CCC3)CCC[N+]=6CCC5)c1)n2[C@@H]1O[C@H](COP(=O)(O)OP(=O)(O)OP(=O)(O)O)[C@@H](O)[C@H]1O. The van der Waals surface area contributed by atoms with Gasteiger partial charge in [0, 0.05) is 77.8 Å². The smallest absolute Gasteiger partial charge is 0.478 e. The number of aryl methyl sites for hydroxylation is 2. The van der Waals surface area contributed by atoms with Gasteiger partial charge in [-0.3, -0.25) is 13.9 Å². The van der Waals surface area contributed by atoms with Crippen LogP contribution in [0, 0.1) is 0 Å². The predicted octanol–water partition coefficient (Wildman–Crippen LogP) is 2.91. The summed E-state index contributed by atoms with van der Waals surface area (Å²) in [6.45, 7) is 3.58. The number of aliphatic hydroxyl groups excluding tert-OH is 2. The molecule has 1 fully saturated rings. The van der Waals surface area contributed by atoms with E-state index in [1.54, 1.807) is 12.1 Å². The molecule has 416 valence electrons. The molecule has 11 rings (SSSR count). The number of phosphoric acid groups is 3. The van der Waals surface area contributed by atoms with E-state index in [4.69, 9.17) is 25.0 Å². The van der Waals surface area contributed by atoms with Gasteiger partial charge in [0.25, 0.3) is 5.91 Å². The van der Waals surface area contributed by atoms with Crippen molar-refractivity contribution >= 4 is 69.5 Å². The van der Waals surface area contributed by atoms with Crippen molar-refractivity contribution in [2.75, 3.05) is 61.8 Å². The number of unbranched alkanes of at least 4 members (excludes halogenated alkanes) is 3. The number of nitrogens with one attached hydrogen (secondary N) is 2. The number of phosphoric ester groups is 1. The summed E-state index contributed by atoms with van der Waals surface area (Å²) in [6, 6.07) is 9.24. The average Bonchev–Trinajstić information content (AvgIpc) is 3.51. The van der Waals surface area contributed by atoms with Gasteiger partial charge in [0.1, 0.15) is 49.2 Å². The van der Waals surface area contributed by atoms with Gasteiger partial charge in [-0.25, -0.2) is 38.0 Å². The third kappa shape index (κ3) is 10.6. The molecule has 1 saturated heterocycles. The molecule has 0 radical (unpaired) electrons. The largest absolute Gasteiger partial charge is 0.490 e. The number of amides is 1. The molecule has 6 atom stereocenters. The van der Waals surface area contributed by atoms with Crippen LogP contribution < -0.4 is 41.2 Å². The second-order valence-electron chi connectivity index (χ2n) is 20.2. The van der Waals surface area contributed by atoms with Crippen molar-refractivity contribution < 1.29 is 80.8 Å². The van der Waals surface area contributed by atoms with Crippen LogP contribution in [-0.4, -0.2) is 130 Å². The van der Waals surface area contributed by atoms with E-state index in [2.05, 4.69) is 60.3 Å². The second kappa shape index (κ2) is 21.4. The van der Waals surface area contributed by atoms with Crippen LogP contribution in [-0.2, 0) is 57.3 Å². The van der Waals surface area contributed by atoms with Crippen LogP contribution in [0.4, 0.5) is 17.5 Å². The summed E-state index contributed by atoms with van der Waals surface area (Å²) < 4.78 is 64.0. The van der Waals surface area contributed by atoms with E-state index in [0.717, 1.165) is 112 Å². The number of anilines is 3. The second-order valence-corrected chi connectivity index (χ2v) is 24.6. The molecule has 29 heteroatoms. The number of carboxylic acid groups (broad SMARTS) is 1. The first kappa shape index (κ1) is 54.3. The van der Waals surface area contributed by atoms with Gasteiger partial charge >= 0.3 is 29.4 Å². The lowest BCUT2D eigenvalue weighted by atomic mass is 9.81. The summed E-state index contributed by atoms with van der Waals surface area (Å²) in [7, 11) is -17.1.